The lowest BCUT2D eigenvalue weighted by molar-refractivity contribution is -0.120. The van der Waals surface area contributed by atoms with E-state index in [2.05, 4.69) is 37.5 Å². The molecular weight excluding hydrogens is 676 g/mol. The SMILES string of the molecule is CC(=O)c1c(NN(C)COC(C)(C)C)nc(C)nc1-c1cc(C#Cc2ccc3c(ccc(=O)n3C)c2)nc(NC(=O)C(C)N(C)C(=O)OC(C)(C)C)c1. The van der Waals surface area contributed by atoms with Crippen molar-refractivity contribution in [2.24, 2.45) is 7.05 Å². The lowest BCUT2D eigenvalue weighted by Crippen LogP contribution is -2.45. The topological polar surface area (TPSA) is 161 Å². The zero-order valence-corrected chi connectivity index (χ0v) is 32.5. The molecule has 0 saturated carbocycles. The number of aryl methyl sites for hydroxylation is 2. The Bertz CT molecular complexity index is 2170. The fourth-order valence-electron chi connectivity index (χ4n) is 4.99. The van der Waals surface area contributed by atoms with E-state index in [1.54, 1.807) is 82.6 Å². The third kappa shape index (κ3) is 10.7. The number of likely N-dealkylation sites (N-methyl/N-ethyl adjacent to an activating group) is 1. The Kier molecular flexibility index (Phi) is 12.1. The van der Waals surface area contributed by atoms with E-state index in [4.69, 9.17) is 9.47 Å². The quantitative estimate of drug-likeness (QED) is 0.0967. The van der Waals surface area contributed by atoms with Gasteiger partial charge in [0.05, 0.1) is 22.4 Å². The number of carbonyl (C=O) groups is 3. The number of fused-ring (bicyclic) bond motifs is 1. The Morgan fingerprint density at radius 2 is 1.64 bits per heavy atom. The zero-order valence-electron chi connectivity index (χ0n) is 32.5. The molecule has 0 bridgehead atoms. The van der Waals surface area contributed by atoms with Crippen LogP contribution in [0.2, 0.25) is 0 Å². The van der Waals surface area contributed by atoms with Crippen LogP contribution in [0.15, 0.2) is 47.3 Å². The lowest BCUT2D eigenvalue weighted by atomic mass is 10.0. The molecule has 0 aliphatic heterocycles. The number of ether oxygens (including phenoxy) is 2. The first kappa shape index (κ1) is 40.1. The molecule has 1 aromatic carbocycles. The number of aromatic nitrogens is 4. The van der Waals surface area contributed by atoms with Crippen LogP contribution in [-0.4, -0.2) is 85.3 Å². The average molecular weight is 725 g/mol. The summed E-state index contributed by atoms with van der Waals surface area (Å²) in [5.74, 6) is 6.13. The summed E-state index contributed by atoms with van der Waals surface area (Å²) in [7, 11) is 4.94. The molecule has 3 heterocycles. The van der Waals surface area contributed by atoms with Crippen molar-refractivity contribution < 1.29 is 23.9 Å². The molecule has 1 unspecified atom stereocenters. The van der Waals surface area contributed by atoms with Gasteiger partial charge in [-0.1, -0.05) is 5.92 Å². The zero-order chi connectivity index (χ0) is 39.4. The molecule has 4 rings (SSSR count). The normalized spacial score (nSPS) is 12.2. The third-order valence-corrected chi connectivity index (χ3v) is 7.81. The van der Waals surface area contributed by atoms with Crippen LogP contribution in [-0.2, 0) is 21.3 Å². The van der Waals surface area contributed by atoms with Crippen LogP contribution in [0, 0.1) is 18.8 Å². The van der Waals surface area contributed by atoms with E-state index < -0.39 is 29.2 Å². The molecular formula is C39H48N8O6. The van der Waals surface area contributed by atoms with E-state index in [0.29, 0.717) is 22.6 Å². The van der Waals surface area contributed by atoms with Crippen molar-refractivity contribution in [2.75, 3.05) is 31.6 Å². The minimum atomic E-state index is -0.936. The average Bonchev–Trinajstić information content (AvgIpc) is 3.05. The summed E-state index contributed by atoms with van der Waals surface area (Å²) >= 11 is 0. The molecule has 3 aromatic heterocycles. The maximum Gasteiger partial charge on any atom is 0.410 e. The van der Waals surface area contributed by atoms with E-state index in [9.17, 15) is 19.2 Å². The molecule has 0 aliphatic carbocycles. The number of hydrogen-bond donors (Lipinski definition) is 2. The van der Waals surface area contributed by atoms with Crippen LogP contribution >= 0.6 is 0 Å². The van der Waals surface area contributed by atoms with Crippen molar-refractivity contribution in [1.82, 2.24) is 29.4 Å². The van der Waals surface area contributed by atoms with Crippen molar-refractivity contribution in [3.8, 4) is 23.1 Å². The van der Waals surface area contributed by atoms with Gasteiger partial charge in [-0.3, -0.25) is 19.3 Å². The van der Waals surface area contributed by atoms with Crippen molar-refractivity contribution >= 4 is 40.3 Å². The number of pyridine rings is 2. The predicted molar refractivity (Wildman–Crippen MR) is 204 cm³/mol. The number of nitrogens with zero attached hydrogens (tertiary/aromatic N) is 6. The Labute approximate surface area is 309 Å². The highest BCUT2D eigenvalue weighted by Gasteiger charge is 2.28. The van der Waals surface area contributed by atoms with Crippen molar-refractivity contribution in [1.29, 1.82) is 0 Å². The molecule has 2 N–H and O–H groups in total. The van der Waals surface area contributed by atoms with Crippen LogP contribution < -0.4 is 16.3 Å². The summed E-state index contributed by atoms with van der Waals surface area (Å²) in [5.41, 5.74) is 4.51. The summed E-state index contributed by atoms with van der Waals surface area (Å²) < 4.78 is 12.9. The number of hydrazine groups is 1. The molecule has 0 radical (unpaired) electrons. The highest BCUT2D eigenvalue weighted by atomic mass is 16.6. The van der Waals surface area contributed by atoms with Crippen molar-refractivity contribution in [3.63, 3.8) is 0 Å². The van der Waals surface area contributed by atoms with E-state index in [1.807, 2.05) is 32.9 Å². The third-order valence-electron chi connectivity index (χ3n) is 7.81. The van der Waals surface area contributed by atoms with E-state index in [0.717, 1.165) is 10.9 Å². The molecule has 14 heteroatoms. The number of Topliss-reactive ketones (excluding diaryl/α,β-unsaturated/α-hetero) is 1. The molecule has 14 nitrogen and oxygen atoms in total. The molecule has 4 aromatic rings. The van der Waals surface area contributed by atoms with E-state index >= 15 is 0 Å². The van der Waals surface area contributed by atoms with Crippen LogP contribution in [0.4, 0.5) is 16.4 Å². The number of benzene rings is 1. The molecule has 0 spiro atoms. The van der Waals surface area contributed by atoms with Gasteiger partial charge in [-0.2, -0.15) is 5.01 Å². The van der Waals surface area contributed by atoms with Gasteiger partial charge in [0.25, 0.3) is 5.56 Å². The van der Waals surface area contributed by atoms with Crippen molar-refractivity contribution in [2.45, 2.75) is 79.6 Å². The maximum absolute atomic E-state index is 13.5. The number of carbonyl (C=O) groups excluding carboxylic acids is 3. The van der Waals surface area contributed by atoms with Crippen LogP contribution in [0.1, 0.15) is 82.8 Å². The predicted octanol–water partition coefficient (Wildman–Crippen LogP) is 5.53. The molecule has 2 amide bonds. The fourth-order valence-corrected chi connectivity index (χ4v) is 4.99. The monoisotopic (exact) mass is 724 g/mol. The Hall–Kier alpha value is -5.65. The first-order valence-corrected chi connectivity index (χ1v) is 17.0. The smallest absolute Gasteiger partial charge is 0.410 e. The standard InChI is InChI=1S/C39H48N8O6/c1-23(46(11)37(51)53-39(7,8)9)36(50)43-31-21-28(20-29(42-31)16-13-26-14-17-30-27(19-26)15-18-32(49)47(30)12)34-33(24(2)48)35(41-25(3)40-34)44-45(10)22-52-38(4,5)6/h14-15,17-21,23H,22H2,1-12H3,(H,40,41,44)(H,42,43,50). The molecule has 0 saturated heterocycles. The summed E-state index contributed by atoms with van der Waals surface area (Å²) in [5, 5.41) is 5.30. The largest absolute Gasteiger partial charge is 0.444 e. The van der Waals surface area contributed by atoms with Gasteiger partial charge in [0.15, 0.2) is 11.6 Å². The Balaban J connectivity index is 1.81. The van der Waals surface area contributed by atoms with Gasteiger partial charge in [0, 0.05) is 38.3 Å². The Morgan fingerprint density at radius 1 is 0.943 bits per heavy atom. The maximum atomic E-state index is 13.5. The highest BCUT2D eigenvalue weighted by molar-refractivity contribution is 6.04. The summed E-state index contributed by atoms with van der Waals surface area (Å²) in [6.45, 7) is 15.9. The second kappa shape index (κ2) is 15.9. The number of hydrogen-bond acceptors (Lipinski definition) is 11. The summed E-state index contributed by atoms with van der Waals surface area (Å²) in [4.78, 5) is 66.6. The minimum Gasteiger partial charge on any atom is -0.444 e. The van der Waals surface area contributed by atoms with Crippen molar-refractivity contribution in [3.05, 3.63) is 75.5 Å². The lowest BCUT2D eigenvalue weighted by Gasteiger charge is -2.28. The first-order chi connectivity index (χ1) is 24.6. The molecule has 0 fully saturated rings. The highest BCUT2D eigenvalue weighted by Crippen LogP contribution is 2.30. The van der Waals surface area contributed by atoms with Crippen LogP contribution in [0.25, 0.3) is 22.2 Å². The van der Waals surface area contributed by atoms with Gasteiger partial charge in [-0.15, -0.1) is 0 Å². The number of rotatable bonds is 9. The number of nitrogens with one attached hydrogen (secondary N) is 2. The van der Waals surface area contributed by atoms with Gasteiger partial charge in [-0.05, 0) is 110 Å². The van der Waals surface area contributed by atoms with Gasteiger partial charge >= 0.3 is 6.09 Å². The number of anilines is 2. The van der Waals surface area contributed by atoms with Crippen LogP contribution in [0.3, 0.4) is 0 Å². The molecule has 53 heavy (non-hydrogen) atoms. The summed E-state index contributed by atoms with van der Waals surface area (Å²) in [6.07, 6.45) is -0.663. The van der Waals surface area contributed by atoms with E-state index in [-0.39, 0.29) is 41.0 Å². The number of amides is 2. The molecule has 0 aliphatic rings. The van der Waals surface area contributed by atoms with Crippen LogP contribution in [0.5, 0.6) is 0 Å². The molecule has 280 valence electrons. The summed E-state index contributed by atoms with van der Waals surface area (Å²) in [6, 6.07) is 11.0. The van der Waals surface area contributed by atoms with Gasteiger partial charge < -0.3 is 24.8 Å². The Morgan fingerprint density at radius 3 is 2.28 bits per heavy atom. The fraction of sp³-hybridized carbons (Fsp3) is 0.410. The van der Waals surface area contributed by atoms with Gasteiger partial charge in [0.1, 0.15) is 35.7 Å². The minimum absolute atomic E-state index is 0.116. The number of ketones is 1. The van der Waals surface area contributed by atoms with Gasteiger partial charge in [-0.25, -0.2) is 19.7 Å². The second-order valence-electron chi connectivity index (χ2n) is 14.7. The molecule has 1 atom stereocenters. The van der Waals surface area contributed by atoms with E-state index in [1.165, 1.54) is 24.9 Å². The first-order valence-electron chi connectivity index (χ1n) is 17.0. The van der Waals surface area contributed by atoms with Gasteiger partial charge in [0.2, 0.25) is 5.91 Å². The second-order valence-corrected chi connectivity index (χ2v) is 14.7.